The SMILES string of the molecule is CC(C)C1(C(=O)NCc2cccc(C(=O)O)c2)CCNC1. The summed E-state index contributed by atoms with van der Waals surface area (Å²) in [5.41, 5.74) is 0.681. The van der Waals surface area contributed by atoms with E-state index in [9.17, 15) is 9.59 Å². The lowest BCUT2D eigenvalue weighted by molar-refractivity contribution is -0.132. The van der Waals surface area contributed by atoms with Crippen molar-refractivity contribution in [3.63, 3.8) is 0 Å². The molecule has 114 valence electrons. The lowest BCUT2D eigenvalue weighted by Crippen LogP contribution is -2.45. The van der Waals surface area contributed by atoms with E-state index in [1.807, 2.05) is 6.07 Å². The van der Waals surface area contributed by atoms with E-state index < -0.39 is 5.97 Å². The summed E-state index contributed by atoms with van der Waals surface area (Å²) < 4.78 is 0. The van der Waals surface area contributed by atoms with Gasteiger partial charge in [-0.05, 0) is 36.6 Å². The molecule has 0 aliphatic carbocycles. The van der Waals surface area contributed by atoms with Crippen molar-refractivity contribution in [3.8, 4) is 0 Å². The monoisotopic (exact) mass is 290 g/mol. The number of carbonyl (C=O) groups excluding carboxylic acids is 1. The number of carboxylic acids is 1. The summed E-state index contributed by atoms with van der Waals surface area (Å²) in [4.78, 5) is 23.5. The van der Waals surface area contributed by atoms with E-state index in [2.05, 4.69) is 24.5 Å². The van der Waals surface area contributed by atoms with Crippen LogP contribution in [0.3, 0.4) is 0 Å². The molecular formula is C16H22N2O3. The molecule has 1 saturated heterocycles. The Morgan fingerprint density at radius 1 is 1.43 bits per heavy atom. The van der Waals surface area contributed by atoms with Gasteiger partial charge in [-0.2, -0.15) is 0 Å². The highest BCUT2D eigenvalue weighted by molar-refractivity contribution is 5.88. The molecule has 1 aromatic rings. The van der Waals surface area contributed by atoms with Gasteiger partial charge in [-0.1, -0.05) is 26.0 Å². The molecule has 0 saturated carbocycles. The summed E-state index contributed by atoms with van der Waals surface area (Å²) in [6, 6.07) is 6.66. The van der Waals surface area contributed by atoms with E-state index in [4.69, 9.17) is 5.11 Å². The van der Waals surface area contributed by atoms with Gasteiger partial charge in [0.15, 0.2) is 0 Å². The van der Waals surface area contributed by atoms with Gasteiger partial charge in [0.1, 0.15) is 0 Å². The summed E-state index contributed by atoms with van der Waals surface area (Å²) in [6.07, 6.45) is 0.839. The van der Waals surface area contributed by atoms with Crippen molar-refractivity contribution < 1.29 is 14.7 Å². The van der Waals surface area contributed by atoms with Gasteiger partial charge >= 0.3 is 5.97 Å². The fraction of sp³-hybridized carbons (Fsp3) is 0.500. The molecule has 1 atom stereocenters. The lowest BCUT2D eigenvalue weighted by atomic mass is 9.75. The van der Waals surface area contributed by atoms with Gasteiger partial charge in [0.2, 0.25) is 5.91 Å². The molecule has 1 unspecified atom stereocenters. The molecule has 1 fully saturated rings. The third-order valence-corrected chi connectivity index (χ3v) is 4.37. The Balaban J connectivity index is 2.04. The van der Waals surface area contributed by atoms with Gasteiger partial charge in [-0.3, -0.25) is 4.79 Å². The van der Waals surface area contributed by atoms with Gasteiger partial charge in [0.25, 0.3) is 0 Å². The number of amides is 1. The molecule has 1 aliphatic rings. The number of carbonyl (C=O) groups is 2. The molecule has 1 aromatic carbocycles. The number of nitrogens with one attached hydrogen (secondary N) is 2. The van der Waals surface area contributed by atoms with Crippen molar-refractivity contribution in [2.45, 2.75) is 26.8 Å². The first-order valence-electron chi connectivity index (χ1n) is 7.27. The summed E-state index contributed by atoms with van der Waals surface area (Å²) in [7, 11) is 0. The van der Waals surface area contributed by atoms with Crippen LogP contribution < -0.4 is 10.6 Å². The number of hydrogen-bond donors (Lipinski definition) is 3. The highest BCUT2D eigenvalue weighted by Gasteiger charge is 2.43. The minimum Gasteiger partial charge on any atom is -0.478 e. The molecule has 1 heterocycles. The lowest BCUT2D eigenvalue weighted by Gasteiger charge is -2.31. The van der Waals surface area contributed by atoms with E-state index in [0.717, 1.165) is 18.5 Å². The van der Waals surface area contributed by atoms with E-state index in [-0.39, 0.29) is 22.8 Å². The smallest absolute Gasteiger partial charge is 0.335 e. The summed E-state index contributed by atoms with van der Waals surface area (Å²) in [5.74, 6) is -0.650. The average molecular weight is 290 g/mol. The molecule has 1 amide bonds. The first-order chi connectivity index (χ1) is 9.95. The van der Waals surface area contributed by atoms with Gasteiger partial charge in [0, 0.05) is 13.1 Å². The molecule has 0 aromatic heterocycles. The van der Waals surface area contributed by atoms with Crippen LogP contribution in [0.4, 0.5) is 0 Å². The highest BCUT2D eigenvalue weighted by Crippen LogP contribution is 2.34. The molecule has 1 aliphatic heterocycles. The zero-order chi connectivity index (χ0) is 15.5. The maximum Gasteiger partial charge on any atom is 0.335 e. The molecular weight excluding hydrogens is 268 g/mol. The zero-order valence-corrected chi connectivity index (χ0v) is 12.5. The van der Waals surface area contributed by atoms with Gasteiger partial charge in [0.05, 0.1) is 11.0 Å². The number of aromatic carboxylic acids is 1. The molecule has 3 N–H and O–H groups in total. The number of benzene rings is 1. The fourth-order valence-corrected chi connectivity index (χ4v) is 2.83. The molecule has 5 nitrogen and oxygen atoms in total. The second kappa shape index (κ2) is 6.26. The standard InChI is InChI=1S/C16H22N2O3/c1-11(2)16(6-7-17-10-16)15(21)18-9-12-4-3-5-13(8-12)14(19)20/h3-5,8,11,17H,6-7,9-10H2,1-2H3,(H,18,21)(H,19,20). The maximum atomic E-state index is 12.5. The van der Waals surface area contributed by atoms with Gasteiger partial charge in [-0.15, -0.1) is 0 Å². The van der Waals surface area contributed by atoms with Crippen LogP contribution >= 0.6 is 0 Å². The van der Waals surface area contributed by atoms with Crippen molar-refractivity contribution in [2.24, 2.45) is 11.3 Å². The largest absolute Gasteiger partial charge is 0.478 e. The number of hydrogen-bond acceptors (Lipinski definition) is 3. The van der Waals surface area contributed by atoms with Crippen LogP contribution in [-0.2, 0) is 11.3 Å². The highest BCUT2D eigenvalue weighted by atomic mass is 16.4. The Morgan fingerprint density at radius 2 is 2.19 bits per heavy atom. The summed E-state index contributed by atoms with van der Waals surface area (Å²) >= 11 is 0. The minimum atomic E-state index is -0.957. The normalized spacial score (nSPS) is 21.5. The van der Waals surface area contributed by atoms with Crippen LogP contribution in [0.1, 0.15) is 36.2 Å². The summed E-state index contributed by atoms with van der Waals surface area (Å²) in [6.45, 7) is 6.05. The van der Waals surface area contributed by atoms with Crippen LogP contribution in [0.5, 0.6) is 0 Å². The van der Waals surface area contributed by atoms with Crippen molar-refractivity contribution in [1.29, 1.82) is 0 Å². The Kier molecular flexibility index (Phi) is 4.63. The molecule has 0 spiro atoms. The average Bonchev–Trinajstić information content (AvgIpc) is 2.96. The molecule has 21 heavy (non-hydrogen) atoms. The Hall–Kier alpha value is -1.88. The topological polar surface area (TPSA) is 78.4 Å². The zero-order valence-electron chi connectivity index (χ0n) is 12.5. The predicted octanol–water partition coefficient (Wildman–Crippen LogP) is 1.64. The third kappa shape index (κ3) is 3.24. The summed E-state index contributed by atoms with van der Waals surface area (Å²) in [5, 5.41) is 15.2. The third-order valence-electron chi connectivity index (χ3n) is 4.37. The minimum absolute atomic E-state index is 0.0447. The fourth-order valence-electron chi connectivity index (χ4n) is 2.83. The van der Waals surface area contributed by atoms with Crippen LogP contribution in [0.25, 0.3) is 0 Å². The maximum absolute atomic E-state index is 12.5. The van der Waals surface area contributed by atoms with Crippen LogP contribution in [0.2, 0.25) is 0 Å². The Bertz CT molecular complexity index is 534. The van der Waals surface area contributed by atoms with E-state index in [1.165, 1.54) is 0 Å². The molecule has 0 radical (unpaired) electrons. The Morgan fingerprint density at radius 3 is 2.76 bits per heavy atom. The second-order valence-electron chi connectivity index (χ2n) is 5.93. The first-order valence-corrected chi connectivity index (χ1v) is 7.27. The molecule has 0 bridgehead atoms. The van der Waals surface area contributed by atoms with E-state index in [1.54, 1.807) is 18.2 Å². The van der Waals surface area contributed by atoms with Crippen molar-refractivity contribution >= 4 is 11.9 Å². The van der Waals surface area contributed by atoms with Crippen LogP contribution in [-0.4, -0.2) is 30.1 Å². The number of carboxylic acid groups (broad SMARTS) is 1. The van der Waals surface area contributed by atoms with Gasteiger partial charge in [-0.25, -0.2) is 4.79 Å². The van der Waals surface area contributed by atoms with Crippen molar-refractivity contribution in [1.82, 2.24) is 10.6 Å². The second-order valence-corrected chi connectivity index (χ2v) is 5.93. The van der Waals surface area contributed by atoms with Crippen LogP contribution in [0, 0.1) is 11.3 Å². The van der Waals surface area contributed by atoms with Crippen molar-refractivity contribution in [2.75, 3.05) is 13.1 Å². The van der Waals surface area contributed by atoms with Crippen molar-refractivity contribution in [3.05, 3.63) is 35.4 Å². The Labute approximate surface area is 124 Å². The van der Waals surface area contributed by atoms with Crippen LogP contribution in [0.15, 0.2) is 24.3 Å². The van der Waals surface area contributed by atoms with Gasteiger partial charge < -0.3 is 15.7 Å². The predicted molar refractivity (Wildman–Crippen MR) is 80.0 cm³/mol. The molecule has 2 rings (SSSR count). The van der Waals surface area contributed by atoms with E-state index in [0.29, 0.717) is 13.1 Å². The molecule has 5 heteroatoms. The van der Waals surface area contributed by atoms with E-state index >= 15 is 0 Å². The first kappa shape index (κ1) is 15.5. The quantitative estimate of drug-likeness (QED) is 0.770. The number of rotatable bonds is 5.